The summed E-state index contributed by atoms with van der Waals surface area (Å²) in [6.07, 6.45) is 8.48. The van der Waals surface area contributed by atoms with Crippen LogP contribution in [-0.4, -0.2) is 13.3 Å². The number of aliphatic imine (C=N–C) groups is 1. The van der Waals surface area contributed by atoms with Crippen molar-refractivity contribution < 1.29 is 9.15 Å². The Hall–Kier alpha value is -3.85. The zero-order chi connectivity index (χ0) is 22.5. The maximum absolute atomic E-state index is 6.43. The van der Waals surface area contributed by atoms with E-state index < -0.39 is 0 Å². The Morgan fingerprint density at radius 3 is 2.18 bits per heavy atom. The largest absolute Gasteiger partial charge is 0.497 e. The lowest BCUT2D eigenvalue weighted by molar-refractivity contribution is 0.415. The lowest BCUT2D eigenvalue weighted by Gasteiger charge is -2.11. The first-order chi connectivity index (χ1) is 16.3. The summed E-state index contributed by atoms with van der Waals surface area (Å²) in [5.74, 6) is 2.69. The number of fused-ring (bicyclic) bond motifs is 1. The first-order valence-corrected chi connectivity index (χ1v) is 11.5. The average molecular weight is 434 g/mol. The topological polar surface area (TPSA) is 34.7 Å². The lowest BCUT2D eigenvalue weighted by atomic mass is 9.91. The fraction of sp³-hybridized carbons (Fsp3) is 0.167. The molecule has 3 nitrogen and oxygen atoms in total. The van der Waals surface area contributed by atoms with E-state index >= 15 is 0 Å². The Morgan fingerprint density at radius 2 is 1.48 bits per heavy atom. The summed E-state index contributed by atoms with van der Waals surface area (Å²) in [5.41, 5.74) is 6.78. The van der Waals surface area contributed by atoms with Crippen molar-refractivity contribution in [2.75, 3.05) is 7.11 Å². The fourth-order valence-corrected chi connectivity index (χ4v) is 4.38. The van der Waals surface area contributed by atoms with Gasteiger partial charge in [-0.3, -0.25) is 4.99 Å². The standard InChI is InChI=1S/C30H27NO2/c1-32-25-18-16-23(17-19-25)28(20-22-10-4-2-5-11-22)31-21-29-26-14-8-9-15-27(26)30(33-29)24-12-6-3-7-13-24/h2-7,10-13,16-21H,8-9,14-15H2,1H3/b28-20-,31-21?. The molecule has 0 atom stereocenters. The highest BCUT2D eigenvalue weighted by molar-refractivity contribution is 5.90. The first kappa shape index (κ1) is 21.0. The number of furan rings is 1. The SMILES string of the molecule is COc1ccc(/C(=C/c2ccccc2)N=Cc2oc(-c3ccccc3)c3c2CCCC3)cc1. The molecule has 0 saturated carbocycles. The van der Waals surface area contributed by atoms with E-state index in [2.05, 4.69) is 42.5 Å². The van der Waals surface area contributed by atoms with Gasteiger partial charge in [0.15, 0.2) is 0 Å². The van der Waals surface area contributed by atoms with Gasteiger partial charge in [-0.2, -0.15) is 0 Å². The van der Waals surface area contributed by atoms with Crippen molar-refractivity contribution in [3.63, 3.8) is 0 Å². The Balaban J connectivity index is 1.55. The Kier molecular flexibility index (Phi) is 6.21. The van der Waals surface area contributed by atoms with Gasteiger partial charge in [0.1, 0.15) is 17.3 Å². The molecule has 0 aliphatic heterocycles. The van der Waals surface area contributed by atoms with Crippen LogP contribution in [0.3, 0.4) is 0 Å². The van der Waals surface area contributed by atoms with Crippen molar-refractivity contribution in [3.8, 4) is 17.1 Å². The number of benzene rings is 3. The molecule has 0 unspecified atom stereocenters. The summed E-state index contributed by atoms with van der Waals surface area (Å²) in [5, 5.41) is 0. The molecule has 164 valence electrons. The zero-order valence-corrected chi connectivity index (χ0v) is 18.8. The van der Waals surface area contributed by atoms with Crippen LogP contribution in [0.15, 0.2) is 94.3 Å². The molecule has 1 aliphatic carbocycles. The second-order valence-electron chi connectivity index (χ2n) is 8.25. The smallest absolute Gasteiger partial charge is 0.149 e. The second-order valence-corrected chi connectivity index (χ2v) is 8.25. The maximum atomic E-state index is 6.43. The molecule has 1 aliphatic rings. The van der Waals surface area contributed by atoms with Crippen LogP contribution in [0.1, 0.15) is 40.9 Å². The molecule has 0 bridgehead atoms. The summed E-state index contributed by atoms with van der Waals surface area (Å²) < 4.78 is 11.8. The molecule has 5 rings (SSSR count). The molecule has 0 amide bonds. The number of hydrogen-bond donors (Lipinski definition) is 0. The van der Waals surface area contributed by atoms with Crippen molar-refractivity contribution in [3.05, 3.63) is 113 Å². The number of rotatable bonds is 6. The summed E-state index contributed by atoms with van der Waals surface area (Å²) in [6.45, 7) is 0. The molecule has 0 saturated heterocycles. The van der Waals surface area contributed by atoms with Crippen LogP contribution in [0.25, 0.3) is 23.1 Å². The molecule has 3 heteroatoms. The molecule has 33 heavy (non-hydrogen) atoms. The van der Waals surface area contributed by atoms with Gasteiger partial charge in [-0.25, -0.2) is 0 Å². The molecule has 4 aromatic rings. The summed E-state index contributed by atoms with van der Waals surface area (Å²) in [4.78, 5) is 4.93. The minimum Gasteiger partial charge on any atom is -0.497 e. The van der Waals surface area contributed by atoms with Crippen LogP contribution in [0.2, 0.25) is 0 Å². The van der Waals surface area contributed by atoms with Gasteiger partial charge in [0, 0.05) is 22.3 Å². The van der Waals surface area contributed by atoms with Crippen LogP contribution in [0.5, 0.6) is 5.75 Å². The number of ether oxygens (including phenoxy) is 1. The summed E-state index contributed by atoms with van der Waals surface area (Å²) in [6, 6.07) is 28.7. The monoisotopic (exact) mass is 433 g/mol. The highest BCUT2D eigenvalue weighted by Gasteiger charge is 2.22. The number of hydrogen-bond acceptors (Lipinski definition) is 3. The molecule has 0 N–H and O–H groups in total. The Bertz CT molecular complexity index is 1270. The van der Waals surface area contributed by atoms with E-state index in [1.54, 1.807) is 7.11 Å². The molecular weight excluding hydrogens is 406 g/mol. The van der Waals surface area contributed by atoms with Crippen LogP contribution in [-0.2, 0) is 12.8 Å². The van der Waals surface area contributed by atoms with Gasteiger partial charge in [-0.05, 0) is 61.6 Å². The highest BCUT2D eigenvalue weighted by atomic mass is 16.5. The van der Waals surface area contributed by atoms with Crippen molar-refractivity contribution in [2.24, 2.45) is 4.99 Å². The van der Waals surface area contributed by atoms with E-state index in [1.165, 1.54) is 24.0 Å². The number of methoxy groups -OCH3 is 1. The molecule has 1 heterocycles. The fourth-order valence-electron chi connectivity index (χ4n) is 4.38. The summed E-state index contributed by atoms with van der Waals surface area (Å²) in [7, 11) is 1.68. The van der Waals surface area contributed by atoms with Crippen LogP contribution in [0, 0.1) is 0 Å². The van der Waals surface area contributed by atoms with Crippen molar-refractivity contribution in [1.82, 2.24) is 0 Å². The third-order valence-corrected chi connectivity index (χ3v) is 6.10. The van der Waals surface area contributed by atoms with Gasteiger partial charge >= 0.3 is 0 Å². The van der Waals surface area contributed by atoms with Gasteiger partial charge in [0.2, 0.25) is 0 Å². The minimum atomic E-state index is 0.828. The Morgan fingerprint density at radius 1 is 0.818 bits per heavy atom. The summed E-state index contributed by atoms with van der Waals surface area (Å²) >= 11 is 0. The molecule has 1 aromatic heterocycles. The van der Waals surface area contributed by atoms with Gasteiger partial charge in [-0.1, -0.05) is 60.7 Å². The van der Waals surface area contributed by atoms with E-state index in [9.17, 15) is 0 Å². The molecule has 3 aromatic carbocycles. The van der Waals surface area contributed by atoms with Gasteiger partial charge in [-0.15, -0.1) is 0 Å². The average Bonchev–Trinajstić information content (AvgIpc) is 3.26. The van der Waals surface area contributed by atoms with E-state index in [4.69, 9.17) is 14.1 Å². The second kappa shape index (κ2) is 9.74. The van der Waals surface area contributed by atoms with Crippen LogP contribution in [0.4, 0.5) is 0 Å². The molecule has 0 fully saturated rings. The van der Waals surface area contributed by atoms with Crippen molar-refractivity contribution in [1.29, 1.82) is 0 Å². The first-order valence-electron chi connectivity index (χ1n) is 11.5. The van der Waals surface area contributed by atoms with E-state index in [1.807, 2.05) is 54.7 Å². The third-order valence-electron chi connectivity index (χ3n) is 6.10. The quantitative estimate of drug-likeness (QED) is 0.234. The maximum Gasteiger partial charge on any atom is 0.149 e. The highest BCUT2D eigenvalue weighted by Crippen LogP contribution is 2.36. The van der Waals surface area contributed by atoms with Gasteiger partial charge in [0.25, 0.3) is 0 Å². The zero-order valence-electron chi connectivity index (χ0n) is 18.8. The van der Waals surface area contributed by atoms with Gasteiger partial charge in [0.05, 0.1) is 19.0 Å². The van der Waals surface area contributed by atoms with Crippen LogP contribution >= 0.6 is 0 Å². The van der Waals surface area contributed by atoms with E-state index in [0.29, 0.717) is 0 Å². The Labute approximate surface area is 195 Å². The van der Waals surface area contributed by atoms with E-state index in [-0.39, 0.29) is 0 Å². The molecule has 0 spiro atoms. The predicted octanol–water partition coefficient (Wildman–Crippen LogP) is 7.45. The van der Waals surface area contributed by atoms with E-state index in [0.717, 1.165) is 52.5 Å². The van der Waals surface area contributed by atoms with Crippen molar-refractivity contribution >= 4 is 18.0 Å². The van der Waals surface area contributed by atoms with Crippen molar-refractivity contribution in [2.45, 2.75) is 25.7 Å². The third kappa shape index (κ3) is 4.68. The van der Waals surface area contributed by atoms with Crippen LogP contribution < -0.4 is 4.74 Å². The molecular formula is C30H27NO2. The molecule has 0 radical (unpaired) electrons. The minimum absolute atomic E-state index is 0.828. The lowest BCUT2D eigenvalue weighted by Crippen LogP contribution is -2.02. The number of nitrogens with zero attached hydrogens (tertiary/aromatic N) is 1. The normalized spacial score (nSPS) is 13.8. The predicted molar refractivity (Wildman–Crippen MR) is 136 cm³/mol. The van der Waals surface area contributed by atoms with Gasteiger partial charge < -0.3 is 9.15 Å².